The zero-order chi connectivity index (χ0) is 11.6. The highest BCUT2D eigenvalue weighted by Crippen LogP contribution is 2.23. The summed E-state index contributed by atoms with van der Waals surface area (Å²) in [6.45, 7) is 13.5. The molecule has 1 aromatic carbocycles. The highest BCUT2D eigenvalue weighted by Gasteiger charge is 2.10. The second-order valence-electron chi connectivity index (χ2n) is 5.92. The molecule has 0 atom stereocenters. The Morgan fingerprint density at radius 3 is 1.80 bits per heavy atom. The second-order valence-corrected chi connectivity index (χ2v) is 5.92. The maximum Gasteiger partial charge on any atom is -0.0274 e. The Hall–Kier alpha value is -0.780. The fourth-order valence-corrected chi connectivity index (χ4v) is 1.79. The fourth-order valence-electron chi connectivity index (χ4n) is 1.79. The van der Waals surface area contributed by atoms with E-state index in [0.29, 0.717) is 5.41 Å². The Morgan fingerprint density at radius 1 is 0.933 bits per heavy atom. The number of hydrogen-bond acceptors (Lipinski definition) is 0. The van der Waals surface area contributed by atoms with E-state index in [9.17, 15) is 0 Å². The maximum absolute atomic E-state index is 2.34. The van der Waals surface area contributed by atoms with Gasteiger partial charge in [0.2, 0.25) is 0 Å². The van der Waals surface area contributed by atoms with Crippen molar-refractivity contribution < 1.29 is 0 Å². The highest BCUT2D eigenvalue weighted by molar-refractivity contribution is 5.36. The van der Waals surface area contributed by atoms with E-state index in [2.05, 4.69) is 53.7 Å². The van der Waals surface area contributed by atoms with Gasteiger partial charge >= 0.3 is 0 Å². The molecule has 0 radical (unpaired) electrons. The van der Waals surface area contributed by atoms with E-state index in [-0.39, 0.29) is 0 Å². The van der Waals surface area contributed by atoms with Crippen LogP contribution in [0.3, 0.4) is 0 Å². The van der Waals surface area contributed by atoms with E-state index in [4.69, 9.17) is 0 Å². The van der Waals surface area contributed by atoms with Crippen LogP contribution < -0.4 is 0 Å². The smallest absolute Gasteiger partial charge is 0.0274 e. The van der Waals surface area contributed by atoms with Gasteiger partial charge in [0, 0.05) is 0 Å². The second kappa shape index (κ2) is 4.38. The first-order valence-electron chi connectivity index (χ1n) is 5.86. The lowest BCUT2D eigenvalue weighted by molar-refractivity contribution is 0.378. The van der Waals surface area contributed by atoms with Crippen molar-refractivity contribution in [2.75, 3.05) is 0 Å². The Morgan fingerprint density at radius 2 is 1.40 bits per heavy atom. The molecule has 0 unspecified atom stereocenters. The van der Waals surface area contributed by atoms with Gasteiger partial charge in [-0.25, -0.2) is 0 Å². The van der Waals surface area contributed by atoms with E-state index >= 15 is 0 Å². The standard InChI is InChI=1S/C15H24/c1-11-9-14(7-8-15(4,5)6)10-12(2)13(11)3/h9-10H,7-8H2,1-6H3. The average molecular weight is 204 g/mol. The van der Waals surface area contributed by atoms with Gasteiger partial charge in [-0.1, -0.05) is 32.9 Å². The SMILES string of the molecule is Cc1cc(CCC(C)(C)C)cc(C)c1C. The minimum absolute atomic E-state index is 0.437. The van der Waals surface area contributed by atoms with Gasteiger partial charge in [-0.3, -0.25) is 0 Å². The van der Waals surface area contributed by atoms with E-state index in [1.807, 2.05) is 0 Å². The molecule has 0 spiro atoms. The summed E-state index contributed by atoms with van der Waals surface area (Å²) in [4.78, 5) is 0. The average Bonchev–Trinajstić information content (AvgIpc) is 2.09. The predicted octanol–water partition coefficient (Wildman–Crippen LogP) is 4.59. The van der Waals surface area contributed by atoms with Crippen LogP contribution >= 0.6 is 0 Å². The van der Waals surface area contributed by atoms with Crippen LogP contribution in [0.5, 0.6) is 0 Å². The summed E-state index contributed by atoms with van der Waals surface area (Å²) >= 11 is 0. The molecule has 0 saturated carbocycles. The van der Waals surface area contributed by atoms with Crippen LogP contribution in [-0.2, 0) is 6.42 Å². The van der Waals surface area contributed by atoms with E-state index in [1.54, 1.807) is 0 Å². The summed E-state index contributed by atoms with van der Waals surface area (Å²) in [7, 11) is 0. The van der Waals surface area contributed by atoms with Crippen molar-refractivity contribution >= 4 is 0 Å². The minimum Gasteiger partial charge on any atom is -0.0602 e. The first kappa shape index (κ1) is 12.3. The molecule has 0 aromatic heterocycles. The van der Waals surface area contributed by atoms with E-state index in [0.717, 1.165) is 0 Å². The molecule has 0 N–H and O–H groups in total. The monoisotopic (exact) mass is 204 g/mol. The predicted molar refractivity (Wildman–Crippen MR) is 68.4 cm³/mol. The van der Waals surface area contributed by atoms with E-state index in [1.165, 1.54) is 35.1 Å². The minimum atomic E-state index is 0.437. The molecular weight excluding hydrogens is 180 g/mol. The summed E-state index contributed by atoms with van der Waals surface area (Å²) in [5.41, 5.74) is 6.23. The van der Waals surface area contributed by atoms with Gasteiger partial charge in [0.1, 0.15) is 0 Å². The van der Waals surface area contributed by atoms with Crippen molar-refractivity contribution in [1.82, 2.24) is 0 Å². The summed E-state index contributed by atoms with van der Waals surface area (Å²) in [5.74, 6) is 0. The molecule has 0 aliphatic carbocycles. The molecule has 0 aliphatic rings. The summed E-state index contributed by atoms with van der Waals surface area (Å²) < 4.78 is 0. The lowest BCUT2D eigenvalue weighted by Gasteiger charge is -2.18. The van der Waals surface area contributed by atoms with Gasteiger partial charge in [0.05, 0.1) is 0 Å². The fraction of sp³-hybridized carbons (Fsp3) is 0.600. The lowest BCUT2D eigenvalue weighted by Crippen LogP contribution is -2.06. The largest absolute Gasteiger partial charge is 0.0602 e. The zero-order valence-electron chi connectivity index (χ0n) is 11.1. The number of benzene rings is 1. The number of rotatable bonds is 2. The zero-order valence-corrected chi connectivity index (χ0v) is 11.1. The van der Waals surface area contributed by atoms with Crippen molar-refractivity contribution in [3.63, 3.8) is 0 Å². The third kappa shape index (κ3) is 3.70. The Balaban J connectivity index is 2.80. The van der Waals surface area contributed by atoms with Crippen LogP contribution in [0.15, 0.2) is 12.1 Å². The molecule has 0 saturated heterocycles. The highest BCUT2D eigenvalue weighted by atomic mass is 14.2. The quantitative estimate of drug-likeness (QED) is 0.661. The van der Waals surface area contributed by atoms with E-state index < -0.39 is 0 Å². The van der Waals surface area contributed by atoms with Crippen molar-refractivity contribution in [3.8, 4) is 0 Å². The van der Waals surface area contributed by atoms with Crippen molar-refractivity contribution in [2.24, 2.45) is 5.41 Å². The summed E-state index contributed by atoms with van der Waals surface area (Å²) in [6.07, 6.45) is 2.46. The van der Waals surface area contributed by atoms with Crippen LogP contribution in [0.2, 0.25) is 0 Å². The Kier molecular flexibility index (Phi) is 3.59. The van der Waals surface area contributed by atoms with Crippen LogP contribution in [0.4, 0.5) is 0 Å². The Bertz CT molecular complexity index is 317. The molecule has 0 bridgehead atoms. The number of hydrogen-bond donors (Lipinski definition) is 0. The van der Waals surface area contributed by atoms with Gasteiger partial charge in [-0.15, -0.1) is 0 Å². The van der Waals surface area contributed by atoms with Gasteiger partial charge in [0.25, 0.3) is 0 Å². The molecule has 0 amide bonds. The van der Waals surface area contributed by atoms with Crippen LogP contribution in [0, 0.1) is 26.2 Å². The Labute approximate surface area is 94.7 Å². The first-order valence-corrected chi connectivity index (χ1v) is 5.86. The van der Waals surface area contributed by atoms with Gasteiger partial charge in [-0.2, -0.15) is 0 Å². The first-order chi connectivity index (χ1) is 6.79. The van der Waals surface area contributed by atoms with Crippen molar-refractivity contribution in [1.29, 1.82) is 0 Å². The van der Waals surface area contributed by atoms with Crippen LogP contribution in [0.25, 0.3) is 0 Å². The lowest BCUT2D eigenvalue weighted by atomic mass is 9.87. The molecule has 15 heavy (non-hydrogen) atoms. The number of aryl methyl sites for hydroxylation is 3. The summed E-state index contributed by atoms with van der Waals surface area (Å²) in [5, 5.41) is 0. The third-order valence-electron chi connectivity index (χ3n) is 3.15. The van der Waals surface area contributed by atoms with Crippen LogP contribution in [-0.4, -0.2) is 0 Å². The molecule has 84 valence electrons. The van der Waals surface area contributed by atoms with Gasteiger partial charge in [-0.05, 0) is 61.3 Å². The van der Waals surface area contributed by atoms with Crippen LogP contribution in [0.1, 0.15) is 49.4 Å². The van der Waals surface area contributed by atoms with Gasteiger partial charge < -0.3 is 0 Å². The molecule has 1 aromatic rings. The molecule has 0 heteroatoms. The van der Waals surface area contributed by atoms with Crippen molar-refractivity contribution in [2.45, 2.75) is 54.4 Å². The summed E-state index contributed by atoms with van der Waals surface area (Å²) in [6, 6.07) is 4.68. The molecule has 0 aliphatic heterocycles. The molecule has 0 nitrogen and oxygen atoms in total. The molecule has 0 heterocycles. The maximum atomic E-state index is 2.34. The molecule has 0 fully saturated rings. The molecule has 1 rings (SSSR count). The van der Waals surface area contributed by atoms with Gasteiger partial charge in [0.15, 0.2) is 0 Å². The van der Waals surface area contributed by atoms with Crippen molar-refractivity contribution in [3.05, 3.63) is 34.4 Å². The molecular formula is C15H24. The topological polar surface area (TPSA) is 0 Å². The third-order valence-corrected chi connectivity index (χ3v) is 3.15. The normalized spacial score (nSPS) is 11.9.